The molecule has 1 saturated carbocycles. The van der Waals surface area contributed by atoms with Crippen molar-refractivity contribution in [2.45, 2.75) is 78.3 Å². The van der Waals surface area contributed by atoms with E-state index in [1.807, 2.05) is 16.8 Å². The van der Waals surface area contributed by atoms with E-state index in [1.165, 1.54) is 11.9 Å². The molecule has 0 atom stereocenters. The third-order valence-electron chi connectivity index (χ3n) is 7.37. The monoisotopic (exact) mass is 490 g/mol. The lowest BCUT2D eigenvalue weighted by atomic mass is 9.89. The molecule has 0 bridgehead atoms. The van der Waals surface area contributed by atoms with Gasteiger partial charge in [-0.3, -0.25) is 4.57 Å². The molecular weight excluding hydrogens is 452 g/mol. The van der Waals surface area contributed by atoms with Gasteiger partial charge >= 0.3 is 5.69 Å². The third-order valence-corrected chi connectivity index (χ3v) is 7.37. The number of nitrogens with one attached hydrogen (secondary N) is 2. The van der Waals surface area contributed by atoms with Gasteiger partial charge in [-0.25, -0.2) is 14.3 Å². The predicted octanol–water partition coefficient (Wildman–Crippen LogP) is 5.29. The van der Waals surface area contributed by atoms with Gasteiger partial charge in [0.1, 0.15) is 6.33 Å². The highest BCUT2D eigenvalue weighted by Crippen LogP contribution is 2.37. The summed E-state index contributed by atoms with van der Waals surface area (Å²) in [5.74, 6) is 0.945. The number of nitrogens with zero attached hydrogens (tertiary/aromatic N) is 4. The summed E-state index contributed by atoms with van der Waals surface area (Å²) in [6.07, 6.45) is 7.69. The Balaban J connectivity index is 1.50. The predicted molar refractivity (Wildman–Crippen MR) is 144 cm³/mol. The summed E-state index contributed by atoms with van der Waals surface area (Å²) in [6.45, 7) is 12.2. The highest BCUT2D eigenvalue weighted by atomic mass is 16.5. The number of methoxy groups -OCH3 is 1. The van der Waals surface area contributed by atoms with Crippen LogP contribution < -0.4 is 15.7 Å². The minimum atomic E-state index is -0.0211. The van der Waals surface area contributed by atoms with Gasteiger partial charge in [0.2, 0.25) is 0 Å². The largest absolute Gasteiger partial charge is 0.493 e. The van der Waals surface area contributed by atoms with E-state index in [4.69, 9.17) is 4.74 Å². The van der Waals surface area contributed by atoms with Crippen LogP contribution in [-0.4, -0.2) is 43.8 Å². The second-order valence-corrected chi connectivity index (χ2v) is 11.7. The Bertz CT molecular complexity index is 1430. The lowest BCUT2D eigenvalue weighted by Crippen LogP contribution is -2.39. The van der Waals surface area contributed by atoms with E-state index in [-0.39, 0.29) is 23.1 Å². The molecule has 4 aromatic rings. The number of ether oxygens (including phenoxy) is 1. The molecular formula is C28H38N6O2. The van der Waals surface area contributed by atoms with Crippen LogP contribution in [0.25, 0.3) is 27.8 Å². The zero-order valence-corrected chi connectivity index (χ0v) is 22.3. The quantitative estimate of drug-likeness (QED) is 0.383. The van der Waals surface area contributed by atoms with Crippen molar-refractivity contribution in [3.05, 3.63) is 46.8 Å². The molecule has 0 unspecified atom stereocenters. The van der Waals surface area contributed by atoms with E-state index in [9.17, 15) is 4.79 Å². The van der Waals surface area contributed by atoms with Crippen LogP contribution in [0.3, 0.4) is 0 Å². The number of rotatable bonds is 6. The number of imidazole rings is 1. The van der Waals surface area contributed by atoms with Gasteiger partial charge < -0.3 is 15.0 Å². The fourth-order valence-corrected chi connectivity index (χ4v) is 5.46. The van der Waals surface area contributed by atoms with Crippen molar-refractivity contribution in [2.75, 3.05) is 13.7 Å². The first-order valence-electron chi connectivity index (χ1n) is 13.0. The molecule has 5 rings (SSSR count). The summed E-state index contributed by atoms with van der Waals surface area (Å²) in [5, 5.41) is 8.05. The number of pyridine rings is 1. The third kappa shape index (κ3) is 4.66. The molecule has 36 heavy (non-hydrogen) atoms. The molecule has 8 heteroatoms. The molecule has 1 aliphatic rings. The number of aromatic nitrogens is 5. The lowest BCUT2D eigenvalue weighted by Gasteiger charge is -2.32. The van der Waals surface area contributed by atoms with Gasteiger partial charge in [-0.1, -0.05) is 34.6 Å². The van der Waals surface area contributed by atoms with Crippen LogP contribution in [-0.2, 0) is 0 Å². The van der Waals surface area contributed by atoms with E-state index >= 15 is 0 Å². The Morgan fingerprint density at radius 3 is 2.58 bits per heavy atom. The number of fused-ring (bicyclic) bond motifs is 2. The van der Waals surface area contributed by atoms with Gasteiger partial charge in [0.25, 0.3) is 0 Å². The summed E-state index contributed by atoms with van der Waals surface area (Å²) in [5.41, 5.74) is 6.03. The molecule has 2 N–H and O–H groups in total. The van der Waals surface area contributed by atoms with Gasteiger partial charge in [0.05, 0.1) is 18.1 Å². The Morgan fingerprint density at radius 2 is 1.92 bits per heavy atom. The normalized spacial score (nSPS) is 19.0. The summed E-state index contributed by atoms with van der Waals surface area (Å²) < 4.78 is 9.34. The fourth-order valence-electron chi connectivity index (χ4n) is 5.46. The number of aromatic amines is 1. The highest BCUT2D eigenvalue weighted by molar-refractivity contribution is 5.85. The first-order chi connectivity index (χ1) is 17.1. The Morgan fingerprint density at radius 1 is 1.17 bits per heavy atom. The molecule has 192 valence electrons. The van der Waals surface area contributed by atoms with Gasteiger partial charge in [-0.2, -0.15) is 5.10 Å². The highest BCUT2D eigenvalue weighted by Gasteiger charge is 2.26. The van der Waals surface area contributed by atoms with Crippen LogP contribution in [0.4, 0.5) is 0 Å². The fraction of sp³-hybridized carbons (Fsp3) is 0.536. The number of hydrogen-bond donors (Lipinski definition) is 2. The van der Waals surface area contributed by atoms with Crippen molar-refractivity contribution >= 4 is 16.7 Å². The topological polar surface area (TPSA) is 89.2 Å². The maximum atomic E-state index is 13.2. The standard InChI is InChI=1S/C28H38N6O2/c1-17(2)21-13-24-23(12-22(21)18-11-25(36-6)26-30-16-31-33(26)14-18)32-27(35)34(24)20-9-7-19(8-10-20)29-15-28(3,4)5/h11-14,16-17,19-20,29H,7-10,15H2,1-6H3,(H,32,35)/t19-,20+. The summed E-state index contributed by atoms with van der Waals surface area (Å²) in [4.78, 5) is 20.6. The Hall–Kier alpha value is -3.13. The number of hydrogen-bond acceptors (Lipinski definition) is 5. The minimum absolute atomic E-state index is 0.0211. The molecule has 8 nitrogen and oxygen atoms in total. The van der Waals surface area contributed by atoms with Crippen LogP contribution in [0.2, 0.25) is 0 Å². The average Bonchev–Trinajstić information content (AvgIpc) is 3.44. The maximum absolute atomic E-state index is 13.2. The summed E-state index contributed by atoms with van der Waals surface area (Å²) in [7, 11) is 1.64. The second kappa shape index (κ2) is 9.39. The van der Waals surface area contributed by atoms with Crippen LogP contribution in [0.1, 0.15) is 77.8 Å². The van der Waals surface area contributed by atoms with Crippen molar-refractivity contribution in [3.63, 3.8) is 0 Å². The van der Waals surface area contributed by atoms with Crippen LogP contribution in [0.5, 0.6) is 5.75 Å². The van der Waals surface area contributed by atoms with E-state index in [2.05, 4.69) is 67.1 Å². The smallest absolute Gasteiger partial charge is 0.326 e. The van der Waals surface area contributed by atoms with Crippen molar-refractivity contribution in [3.8, 4) is 16.9 Å². The molecule has 3 heterocycles. The van der Waals surface area contributed by atoms with E-state index in [1.54, 1.807) is 11.6 Å². The second-order valence-electron chi connectivity index (χ2n) is 11.7. The van der Waals surface area contributed by atoms with Crippen molar-refractivity contribution in [1.29, 1.82) is 0 Å². The molecule has 0 amide bonds. The van der Waals surface area contributed by atoms with Gasteiger partial charge in [-0.05, 0) is 66.3 Å². The van der Waals surface area contributed by atoms with Crippen LogP contribution in [0.15, 0.2) is 35.5 Å². The SMILES string of the molecule is COc1cc(-c2cc3[nH]c(=O)n([C@H]4CC[C@@H](NCC(C)(C)C)CC4)c3cc2C(C)C)cn2ncnc12. The van der Waals surface area contributed by atoms with Crippen molar-refractivity contribution in [2.24, 2.45) is 5.41 Å². The molecule has 1 aromatic carbocycles. The van der Waals surface area contributed by atoms with Gasteiger partial charge in [0, 0.05) is 30.4 Å². The molecule has 0 aliphatic heterocycles. The first-order valence-corrected chi connectivity index (χ1v) is 13.0. The first kappa shape index (κ1) is 24.6. The molecule has 0 radical (unpaired) electrons. The molecule has 0 spiro atoms. The maximum Gasteiger partial charge on any atom is 0.326 e. The van der Waals surface area contributed by atoms with Gasteiger partial charge in [0.15, 0.2) is 11.4 Å². The Labute approximate surface area is 212 Å². The van der Waals surface area contributed by atoms with E-state index < -0.39 is 0 Å². The molecule has 0 saturated heterocycles. The number of H-pyrrole nitrogens is 1. The Kier molecular flexibility index (Phi) is 6.41. The lowest BCUT2D eigenvalue weighted by molar-refractivity contribution is 0.264. The van der Waals surface area contributed by atoms with Crippen molar-refractivity contribution in [1.82, 2.24) is 29.5 Å². The zero-order chi connectivity index (χ0) is 25.6. The van der Waals surface area contributed by atoms with E-state index in [0.29, 0.717) is 17.4 Å². The molecule has 3 aromatic heterocycles. The average molecular weight is 491 g/mol. The minimum Gasteiger partial charge on any atom is -0.493 e. The van der Waals surface area contributed by atoms with E-state index in [0.717, 1.165) is 54.4 Å². The van der Waals surface area contributed by atoms with Crippen molar-refractivity contribution < 1.29 is 4.74 Å². The summed E-state index contributed by atoms with van der Waals surface area (Å²) >= 11 is 0. The zero-order valence-electron chi connectivity index (χ0n) is 22.3. The number of benzene rings is 1. The molecule has 1 aliphatic carbocycles. The van der Waals surface area contributed by atoms with Crippen LogP contribution >= 0.6 is 0 Å². The van der Waals surface area contributed by atoms with Crippen LogP contribution in [0, 0.1) is 5.41 Å². The summed E-state index contributed by atoms with van der Waals surface area (Å²) in [6, 6.07) is 7.06. The van der Waals surface area contributed by atoms with Gasteiger partial charge in [-0.15, -0.1) is 0 Å². The molecule has 1 fully saturated rings.